The summed E-state index contributed by atoms with van der Waals surface area (Å²) in [5, 5.41) is 2.83. The number of benzene rings is 1. The molecule has 1 N–H and O–H groups in total. The second kappa shape index (κ2) is 9.35. The van der Waals surface area contributed by atoms with Crippen LogP contribution in [0.1, 0.15) is 24.5 Å². The predicted octanol–water partition coefficient (Wildman–Crippen LogP) is 3.21. The molecule has 2 aromatic rings. The summed E-state index contributed by atoms with van der Waals surface area (Å²) in [6.45, 7) is 3.16. The number of methoxy groups -OCH3 is 1. The zero-order valence-corrected chi connectivity index (χ0v) is 14.0. The molecular weight excluding hydrogens is 304 g/mol. The molecule has 0 aliphatic carbocycles. The lowest BCUT2D eigenvalue weighted by atomic mass is 10.2. The molecule has 0 fully saturated rings. The Bertz CT molecular complexity index is 684. The minimum Gasteiger partial charge on any atom is -0.493 e. The van der Waals surface area contributed by atoms with Gasteiger partial charge < -0.3 is 14.8 Å². The van der Waals surface area contributed by atoms with Crippen LogP contribution in [-0.4, -0.2) is 24.6 Å². The molecule has 0 radical (unpaired) electrons. The molecule has 1 heterocycles. The van der Waals surface area contributed by atoms with Crippen LogP contribution in [0.5, 0.6) is 11.5 Å². The van der Waals surface area contributed by atoms with Crippen LogP contribution in [0.4, 0.5) is 0 Å². The zero-order chi connectivity index (χ0) is 17.2. The van der Waals surface area contributed by atoms with E-state index in [4.69, 9.17) is 9.47 Å². The average Bonchev–Trinajstić information content (AvgIpc) is 2.64. The molecule has 0 spiro atoms. The smallest absolute Gasteiger partial charge is 0.244 e. The third-order valence-electron chi connectivity index (χ3n) is 3.29. The molecular formula is C19H22N2O3. The van der Waals surface area contributed by atoms with Gasteiger partial charge in [-0.2, -0.15) is 0 Å². The van der Waals surface area contributed by atoms with Crippen LogP contribution in [0.25, 0.3) is 6.08 Å². The molecule has 1 aromatic carbocycles. The van der Waals surface area contributed by atoms with E-state index in [0.29, 0.717) is 24.7 Å². The Morgan fingerprint density at radius 3 is 2.71 bits per heavy atom. The summed E-state index contributed by atoms with van der Waals surface area (Å²) in [5.41, 5.74) is 1.88. The van der Waals surface area contributed by atoms with Crippen molar-refractivity contribution in [3.63, 3.8) is 0 Å². The quantitative estimate of drug-likeness (QED) is 0.757. The summed E-state index contributed by atoms with van der Waals surface area (Å²) in [7, 11) is 1.60. The molecule has 1 aromatic heterocycles. The van der Waals surface area contributed by atoms with Crippen molar-refractivity contribution >= 4 is 12.0 Å². The minimum atomic E-state index is -0.155. The Kier molecular flexibility index (Phi) is 6.83. The van der Waals surface area contributed by atoms with Crippen molar-refractivity contribution in [3.05, 3.63) is 59.9 Å². The van der Waals surface area contributed by atoms with Gasteiger partial charge in [-0.05, 0) is 47.9 Å². The fourth-order valence-electron chi connectivity index (χ4n) is 2.04. The van der Waals surface area contributed by atoms with E-state index in [1.807, 2.05) is 37.3 Å². The first-order valence-electron chi connectivity index (χ1n) is 7.88. The van der Waals surface area contributed by atoms with Crippen molar-refractivity contribution in [1.29, 1.82) is 0 Å². The van der Waals surface area contributed by atoms with Crippen LogP contribution in [-0.2, 0) is 11.3 Å². The summed E-state index contributed by atoms with van der Waals surface area (Å²) in [4.78, 5) is 15.8. The number of carbonyl (C=O) groups is 1. The van der Waals surface area contributed by atoms with Gasteiger partial charge in [0.1, 0.15) is 0 Å². The lowest BCUT2D eigenvalue weighted by Crippen LogP contribution is -2.20. The van der Waals surface area contributed by atoms with Gasteiger partial charge >= 0.3 is 0 Å². The van der Waals surface area contributed by atoms with Crippen LogP contribution in [0.15, 0.2) is 48.8 Å². The second-order valence-corrected chi connectivity index (χ2v) is 5.17. The minimum absolute atomic E-state index is 0.155. The van der Waals surface area contributed by atoms with Crippen LogP contribution in [0, 0.1) is 0 Å². The average molecular weight is 326 g/mol. The molecule has 24 heavy (non-hydrogen) atoms. The van der Waals surface area contributed by atoms with Gasteiger partial charge in [-0.1, -0.05) is 13.0 Å². The number of ether oxygens (including phenoxy) is 2. The van der Waals surface area contributed by atoms with Crippen LogP contribution in [0.3, 0.4) is 0 Å². The predicted molar refractivity (Wildman–Crippen MR) is 93.9 cm³/mol. The number of amides is 1. The van der Waals surface area contributed by atoms with Gasteiger partial charge in [-0.3, -0.25) is 9.78 Å². The largest absolute Gasteiger partial charge is 0.493 e. The summed E-state index contributed by atoms with van der Waals surface area (Å²) >= 11 is 0. The van der Waals surface area contributed by atoms with E-state index in [9.17, 15) is 4.79 Å². The van der Waals surface area contributed by atoms with E-state index in [1.165, 1.54) is 6.08 Å². The van der Waals surface area contributed by atoms with Crippen LogP contribution in [0.2, 0.25) is 0 Å². The molecule has 1 amide bonds. The number of nitrogens with one attached hydrogen (secondary N) is 1. The molecule has 0 unspecified atom stereocenters. The lowest BCUT2D eigenvalue weighted by molar-refractivity contribution is -0.116. The first kappa shape index (κ1) is 17.5. The molecule has 2 rings (SSSR count). The Morgan fingerprint density at radius 2 is 2.00 bits per heavy atom. The van der Waals surface area contributed by atoms with Crippen molar-refractivity contribution in [1.82, 2.24) is 10.3 Å². The maximum Gasteiger partial charge on any atom is 0.244 e. The van der Waals surface area contributed by atoms with E-state index in [0.717, 1.165) is 17.5 Å². The van der Waals surface area contributed by atoms with E-state index in [1.54, 1.807) is 25.6 Å². The molecule has 0 atom stereocenters. The van der Waals surface area contributed by atoms with E-state index in [-0.39, 0.29) is 5.91 Å². The highest BCUT2D eigenvalue weighted by Gasteiger charge is 2.04. The fourth-order valence-corrected chi connectivity index (χ4v) is 2.04. The molecule has 0 bridgehead atoms. The van der Waals surface area contributed by atoms with Crippen molar-refractivity contribution in [2.75, 3.05) is 13.7 Å². The van der Waals surface area contributed by atoms with E-state index < -0.39 is 0 Å². The topological polar surface area (TPSA) is 60.5 Å². The van der Waals surface area contributed by atoms with Crippen LogP contribution < -0.4 is 14.8 Å². The number of hydrogen-bond acceptors (Lipinski definition) is 4. The SMILES string of the molecule is CCCOc1ccc(C=CC(=O)NCc2ccncc2)cc1OC. The van der Waals surface area contributed by atoms with Gasteiger partial charge in [0.15, 0.2) is 11.5 Å². The number of hydrogen-bond donors (Lipinski definition) is 1. The summed E-state index contributed by atoms with van der Waals surface area (Å²) in [6, 6.07) is 9.31. The number of nitrogens with zero attached hydrogens (tertiary/aromatic N) is 1. The van der Waals surface area contributed by atoms with Gasteiger partial charge in [-0.25, -0.2) is 0 Å². The lowest BCUT2D eigenvalue weighted by Gasteiger charge is -2.10. The first-order valence-corrected chi connectivity index (χ1v) is 7.88. The highest BCUT2D eigenvalue weighted by atomic mass is 16.5. The molecule has 0 saturated carbocycles. The van der Waals surface area contributed by atoms with E-state index in [2.05, 4.69) is 10.3 Å². The molecule has 0 aliphatic heterocycles. The molecule has 5 nitrogen and oxygen atoms in total. The van der Waals surface area contributed by atoms with Gasteiger partial charge in [0.05, 0.1) is 13.7 Å². The Labute approximate surface area is 142 Å². The normalized spacial score (nSPS) is 10.6. The number of carbonyl (C=O) groups excluding carboxylic acids is 1. The first-order chi connectivity index (χ1) is 11.7. The number of pyridine rings is 1. The highest BCUT2D eigenvalue weighted by Crippen LogP contribution is 2.28. The maximum absolute atomic E-state index is 11.9. The summed E-state index contributed by atoms with van der Waals surface area (Å²) in [5.74, 6) is 1.21. The van der Waals surface area contributed by atoms with Crippen LogP contribution >= 0.6 is 0 Å². The maximum atomic E-state index is 11.9. The molecule has 0 aliphatic rings. The Balaban J connectivity index is 1.94. The van der Waals surface area contributed by atoms with E-state index >= 15 is 0 Å². The molecule has 5 heteroatoms. The van der Waals surface area contributed by atoms with Crippen molar-refractivity contribution in [2.24, 2.45) is 0 Å². The van der Waals surface area contributed by atoms with Gasteiger partial charge in [0.2, 0.25) is 5.91 Å². The number of rotatable bonds is 8. The highest BCUT2D eigenvalue weighted by molar-refractivity contribution is 5.91. The van der Waals surface area contributed by atoms with Crippen molar-refractivity contribution in [3.8, 4) is 11.5 Å². The summed E-state index contributed by atoms with van der Waals surface area (Å²) in [6.07, 6.45) is 7.58. The van der Waals surface area contributed by atoms with Crippen molar-refractivity contribution in [2.45, 2.75) is 19.9 Å². The monoisotopic (exact) mass is 326 g/mol. The van der Waals surface area contributed by atoms with Gasteiger partial charge in [0, 0.05) is 25.0 Å². The molecule has 0 saturated heterocycles. The Hall–Kier alpha value is -2.82. The Morgan fingerprint density at radius 1 is 1.21 bits per heavy atom. The zero-order valence-electron chi connectivity index (χ0n) is 14.0. The third kappa shape index (κ3) is 5.43. The summed E-state index contributed by atoms with van der Waals surface area (Å²) < 4.78 is 10.9. The fraction of sp³-hybridized carbons (Fsp3) is 0.263. The second-order valence-electron chi connectivity index (χ2n) is 5.17. The molecule has 126 valence electrons. The van der Waals surface area contributed by atoms with Crippen molar-refractivity contribution < 1.29 is 14.3 Å². The van der Waals surface area contributed by atoms with Gasteiger partial charge in [-0.15, -0.1) is 0 Å². The standard InChI is InChI=1S/C19H22N2O3/c1-3-12-24-17-6-4-15(13-18(17)23-2)5-7-19(22)21-14-16-8-10-20-11-9-16/h4-11,13H,3,12,14H2,1-2H3,(H,21,22). The van der Waals surface area contributed by atoms with Gasteiger partial charge in [0.25, 0.3) is 0 Å². The third-order valence-corrected chi connectivity index (χ3v) is 3.29. The number of aromatic nitrogens is 1.